The number of carbonyl (C=O) groups excluding carboxylic acids is 2. The maximum absolute atomic E-state index is 13.7. The summed E-state index contributed by atoms with van der Waals surface area (Å²) >= 11 is 0. The number of para-hydroxylation sites is 1. The fraction of sp³-hybridized carbons (Fsp3) is 0.303. The van der Waals surface area contributed by atoms with Crippen LogP contribution in [0.3, 0.4) is 0 Å². The molecule has 0 aliphatic rings. The Kier molecular flexibility index (Phi) is 10.4. The highest BCUT2D eigenvalue weighted by Crippen LogP contribution is 2.15. The van der Waals surface area contributed by atoms with Gasteiger partial charge in [-0.3, -0.25) is 14.4 Å². The van der Waals surface area contributed by atoms with Crippen LogP contribution in [0.1, 0.15) is 37.0 Å². The van der Waals surface area contributed by atoms with Crippen LogP contribution in [0.25, 0.3) is 11.0 Å². The second-order valence-corrected chi connectivity index (χ2v) is 10.4. The Labute approximate surface area is 239 Å². The van der Waals surface area contributed by atoms with Crippen molar-refractivity contribution in [1.82, 2.24) is 9.80 Å². The zero-order chi connectivity index (χ0) is 29.2. The first-order valence-electron chi connectivity index (χ1n) is 13.7. The van der Waals surface area contributed by atoms with Crippen molar-refractivity contribution in [2.45, 2.75) is 40.0 Å². The molecule has 0 bridgehead atoms. The molecule has 0 atom stereocenters. The molecule has 4 aromatic rings. The summed E-state index contributed by atoms with van der Waals surface area (Å²) in [6, 6.07) is 22.3. The van der Waals surface area contributed by atoms with Crippen LogP contribution in [0.2, 0.25) is 0 Å². The van der Waals surface area contributed by atoms with Crippen molar-refractivity contribution in [3.05, 3.63) is 118 Å². The van der Waals surface area contributed by atoms with E-state index in [4.69, 9.17) is 9.15 Å². The van der Waals surface area contributed by atoms with Crippen molar-refractivity contribution in [3.8, 4) is 0 Å². The maximum atomic E-state index is 13.7. The van der Waals surface area contributed by atoms with E-state index in [1.54, 1.807) is 36.4 Å². The largest absolute Gasteiger partial charge is 0.464 e. The smallest absolute Gasteiger partial charge is 0.249 e. The highest BCUT2D eigenvalue weighted by atomic mass is 19.1. The predicted octanol–water partition coefficient (Wildman–Crippen LogP) is 5.55. The minimum absolute atomic E-state index is 0.0277. The summed E-state index contributed by atoms with van der Waals surface area (Å²) in [6.07, 6.45) is 2.08. The number of ether oxygens (including phenoxy) is 1. The van der Waals surface area contributed by atoms with Crippen LogP contribution < -0.4 is 5.43 Å². The topological polar surface area (TPSA) is 80.1 Å². The first-order valence-corrected chi connectivity index (χ1v) is 13.7. The van der Waals surface area contributed by atoms with Crippen molar-refractivity contribution in [3.63, 3.8) is 0 Å². The van der Waals surface area contributed by atoms with Gasteiger partial charge in [0.05, 0.1) is 36.9 Å². The van der Waals surface area contributed by atoms with E-state index in [-0.39, 0.29) is 55.9 Å². The van der Waals surface area contributed by atoms with Crippen LogP contribution in [-0.4, -0.2) is 41.3 Å². The van der Waals surface area contributed by atoms with Gasteiger partial charge in [0.1, 0.15) is 18.0 Å². The monoisotopic (exact) mass is 558 g/mol. The van der Waals surface area contributed by atoms with E-state index in [2.05, 4.69) is 13.8 Å². The first-order chi connectivity index (χ1) is 19.8. The zero-order valence-electron chi connectivity index (χ0n) is 23.4. The summed E-state index contributed by atoms with van der Waals surface area (Å²) in [4.78, 5) is 43.1. The van der Waals surface area contributed by atoms with E-state index in [1.807, 2.05) is 30.3 Å². The highest BCUT2D eigenvalue weighted by Gasteiger charge is 2.23. The standard InChI is InChI=1S/C33H35FN2O5/c1-24(2)16-17-35(32(38)23-40-21-26-8-4-3-5-9-26)20-31(37)36(18-25-12-14-28(34)15-13-25)19-27-22-41-30-11-7-6-10-29(30)33(27)39/h3-15,22,24H,16-21,23H2,1-2H3. The normalized spacial score (nSPS) is 11.1. The van der Waals surface area contributed by atoms with E-state index < -0.39 is 0 Å². The Bertz CT molecular complexity index is 1500. The Balaban J connectivity index is 1.53. The van der Waals surface area contributed by atoms with Crippen LogP contribution in [0.5, 0.6) is 0 Å². The van der Waals surface area contributed by atoms with Gasteiger partial charge in [-0.2, -0.15) is 0 Å². The molecule has 0 saturated heterocycles. The molecule has 0 fully saturated rings. The molecule has 1 aromatic heterocycles. The molecule has 0 aliphatic heterocycles. The molecule has 0 saturated carbocycles. The van der Waals surface area contributed by atoms with Crippen LogP contribution >= 0.6 is 0 Å². The lowest BCUT2D eigenvalue weighted by atomic mass is 10.1. The molecule has 8 heteroatoms. The van der Waals surface area contributed by atoms with Crippen molar-refractivity contribution in [1.29, 1.82) is 0 Å². The molecule has 0 spiro atoms. The predicted molar refractivity (Wildman–Crippen MR) is 155 cm³/mol. The summed E-state index contributed by atoms with van der Waals surface area (Å²) < 4.78 is 24.9. The maximum Gasteiger partial charge on any atom is 0.249 e. The van der Waals surface area contributed by atoms with E-state index >= 15 is 0 Å². The fourth-order valence-corrected chi connectivity index (χ4v) is 4.37. The molecule has 3 aromatic carbocycles. The van der Waals surface area contributed by atoms with Gasteiger partial charge in [-0.25, -0.2) is 4.39 Å². The molecular weight excluding hydrogens is 523 g/mol. The summed E-state index contributed by atoms with van der Waals surface area (Å²) in [6.45, 7) is 4.54. The first kappa shape index (κ1) is 29.7. The average Bonchev–Trinajstić information content (AvgIpc) is 2.97. The number of hydrogen-bond acceptors (Lipinski definition) is 5. The molecule has 0 radical (unpaired) electrons. The molecule has 7 nitrogen and oxygen atoms in total. The Hall–Kier alpha value is -4.30. The molecule has 41 heavy (non-hydrogen) atoms. The Morgan fingerprint density at radius 2 is 1.56 bits per heavy atom. The summed E-state index contributed by atoms with van der Waals surface area (Å²) in [5.74, 6) is -0.699. The van der Waals surface area contributed by atoms with Gasteiger partial charge >= 0.3 is 0 Å². The Morgan fingerprint density at radius 1 is 0.854 bits per heavy atom. The molecule has 0 N–H and O–H groups in total. The number of halogens is 1. The van der Waals surface area contributed by atoms with E-state index in [0.29, 0.717) is 41.0 Å². The van der Waals surface area contributed by atoms with Crippen molar-refractivity contribution < 1.29 is 23.1 Å². The molecule has 1 heterocycles. The number of carbonyl (C=O) groups is 2. The molecule has 2 amide bonds. The summed E-state index contributed by atoms with van der Waals surface area (Å²) in [5.41, 5.74) is 2.18. The van der Waals surface area contributed by atoms with E-state index in [9.17, 15) is 18.8 Å². The third kappa shape index (κ3) is 8.59. The van der Waals surface area contributed by atoms with Gasteiger partial charge in [-0.15, -0.1) is 0 Å². The van der Waals surface area contributed by atoms with Gasteiger partial charge in [0.2, 0.25) is 11.8 Å². The third-order valence-corrected chi connectivity index (χ3v) is 6.74. The lowest BCUT2D eigenvalue weighted by Gasteiger charge is -2.28. The minimum atomic E-state index is -0.386. The van der Waals surface area contributed by atoms with E-state index in [0.717, 1.165) is 5.56 Å². The van der Waals surface area contributed by atoms with Crippen molar-refractivity contribution in [2.75, 3.05) is 19.7 Å². The average molecular weight is 559 g/mol. The van der Waals surface area contributed by atoms with Crippen LogP contribution in [0.4, 0.5) is 4.39 Å². The van der Waals surface area contributed by atoms with Gasteiger partial charge in [0.15, 0.2) is 5.43 Å². The number of nitrogens with zero attached hydrogens (tertiary/aromatic N) is 2. The van der Waals surface area contributed by atoms with Gasteiger partial charge in [0.25, 0.3) is 0 Å². The second kappa shape index (κ2) is 14.4. The lowest BCUT2D eigenvalue weighted by Crippen LogP contribution is -2.44. The minimum Gasteiger partial charge on any atom is -0.464 e. The summed E-state index contributed by atoms with van der Waals surface area (Å²) in [7, 11) is 0. The van der Waals surface area contributed by atoms with Gasteiger partial charge < -0.3 is 19.0 Å². The quantitative estimate of drug-likeness (QED) is 0.215. The number of benzene rings is 3. The van der Waals surface area contributed by atoms with Crippen LogP contribution in [0, 0.1) is 11.7 Å². The van der Waals surface area contributed by atoms with Crippen LogP contribution in [0.15, 0.2) is 94.3 Å². The molecule has 0 aliphatic carbocycles. The number of rotatable bonds is 13. The third-order valence-electron chi connectivity index (χ3n) is 6.74. The fourth-order valence-electron chi connectivity index (χ4n) is 4.37. The zero-order valence-corrected chi connectivity index (χ0v) is 23.4. The molecule has 214 valence electrons. The van der Waals surface area contributed by atoms with Gasteiger partial charge in [-0.1, -0.05) is 68.4 Å². The SMILES string of the molecule is CC(C)CCN(CC(=O)N(Cc1ccc(F)cc1)Cc1coc2ccccc2c1=O)C(=O)COCc1ccccc1. The molecular formula is C33H35FN2O5. The highest BCUT2D eigenvalue weighted by molar-refractivity contribution is 5.85. The van der Waals surface area contributed by atoms with Gasteiger partial charge in [0, 0.05) is 13.1 Å². The molecule has 4 rings (SSSR count). The second-order valence-electron chi connectivity index (χ2n) is 10.4. The number of amides is 2. The van der Waals surface area contributed by atoms with Crippen molar-refractivity contribution >= 4 is 22.8 Å². The number of fused-ring (bicyclic) bond motifs is 1. The van der Waals surface area contributed by atoms with Crippen molar-refractivity contribution in [2.24, 2.45) is 5.92 Å². The number of hydrogen-bond donors (Lipinski definition) is 0. The molecule has 0 unspecified atom stereocenters. The Morgan fingerprint density at radius 3 is 2.29 bits per heavy atom. The summed E-state index contributed by atoms with van der Waals surface area (Å²) in [5, 5.41) is 0.420. The lowest BCUT2D eigenvalue weighted by molar-refractivity contribution is -0.144. The van der Waals surface area contributed by atoms with Gasteiger partial charge in [-0.05, 0) is 47.7 Å². The van der Waals surface area contributed by atoms with E-state index in [1.165, 1.54) is 28.2 Å². The van der Waals surface area contributed by atoms with Crippen LogP contribution in [-0.2, 0) is 34.0 Å².